The van der Waals surface area contributed by atoms with Gasteiger partial charge in [0.1, 0.15) is 5.01 Å². The monoisotopic (exact) mass is 221 g/mol. The van der Waals surface area contributed by atoms with Crippen LogP contribution in [-0.4, -0.2) is 11.2 Å². The molecule has 2 rings (SSSR count). The summed E-state index contributed by atoms with van der Waals surface area (Å²) in [5.74, 6) is 0. The molecule has 1 heterocycles. The van der Waals surface area contributed by atoms with E-state index in [1.54, 1.807) is 23.1 Å². The Bertz CT molecular complexity index is 417. The van der Waals surface area contributed by atoms with Gasteiger partial charge in [-0.3, -0.25) is 0 Å². The molecule has 0 amide bonds. The van der Waals surface area contributed by atoms with Crippen LogP contribution in [0.4, 0.5) is 0 Å². The van der Waals surface area contributed by atoms with Gasteiger partial charge >= 0.3 is 0 Å². The number of hydrogen-bond acceptors (Lipinski definition) is 3. The smallest absolute Gasteiger partial charge is 0.123 e. The summed E-state index contributed by atoms with van der Waals surface area (Å²) in [6.07, 6.45) is 4.00. The van der Waals surface area contributed by atoms with Crippen LogP contribution in [0.1, 0.15) is 4.88 Å². The van der Waals surface area contributed by atoms with E-state index < -0.39 is 0 Å². The highest BCUT2D eigenvalue weighted by molar-refractivity contribution is 7.98. The Labute approximate surface area is 92.2 Å². The second-order valence-corrected chi connectivity index (χ2v) is 5.12. The topological polar surface area (TPSA) is 12.9 Å². The quantitative estimate of drug-likeness (QED) is 0.715. The lowest BCUT2D eigenvalue weighted by Crippen LogP contribution is -1.75. The first-order chi connectivity index (χ1) is 6.79. The largest absolute Gasteiger partial charge is 0.244 e. The van der Waals surface area contributed by atoms with E-state index in [1.807, 2.05) is 6.20 Å². The minimum absolute atomic E-state index is 1.11. The van der Waals surface area contributed by atoms with Crippen molar-refractivity contribution in [3.05, 3.63) is 35.3 Å². The van der Waals surface area contributed by atoms with Gasteiger partial charge in [0.25, 0.3) is 0 Å². The molecule has 0 radical (unpaired) electrons. The zero-order valence-electron chi connectivity index (χ0n) is 8.15. The first-order valence-corrected chi connectivity index (χ1v) is 6.40. The van der Waals surface area contributed by atoms with Crippen molar-refractivity contribution in [3.63, 3.8) is 0 Å². The maximum absolute atomic E-state index is 4.35. The molecule has 14 heavy (non-hydrogen) atoms. The molecule has 0 aliphatic rings. The number of hydrogen-bond donors (Lipinski definition) is 0. The fraction of sp³-hybridized carbons (Fsp3) is 0.182. The number of nitrogens with zero attached hydrogens (tertiary/aromatic N) is 1. The third-order valence-electron chi connectivity index (χ3n) is 1.96. The van der Waals surface area contributed by atoms with E-state index in [0.29, 0.717) is 0 Å². The molecule has 0 N–H and O–H groups in total. The molecule has 3 heteroatoms. The van der Waals surface area contributed by atoms with Gasteiger partial charge in [-0.1, -0.05) is 12.1 Å². The third kappa shape index (κ3) is 1.99. The van der Waals surface area contributed by atoms with Crippen LogP contribution in [0.25, 0.3) is 10.6 Å². The maximum Gasteiger partial charge on any atom is 0.123 e. The Hall–Kier alpha value is -0.800. The molecule has 1 nitrogen and oxygen atoms in total. The van der Waals surface area contributed by atoms with Crippen LogP contribution in [0.15, 0.2) is 35.4 Å². The minimum Gasteiger partial charge on any atom is -0.244 e. The highest BCUT2D eigenvalue weighted by Crippen LogP contribution is 2.26. The Balaban J connectivity index is 2.33. The van der Waals surface area contributed by atoms with E-state index in [1.165, 1.54) is 15.3 Å². The summed E-state index contributed by atoms with van der Waals surface area (Å²) in [4.78, 5) is 6.91. The van der Waals surface area contributed by atoms with Crippen LogP contribution in [0.5, 0.6) is 0 Å². The molecule has 0 spiro atoms. The Morgan fingerprint density at radius 1 is 1.21 bits per heavy atom. The van der Waals surface area contributed by atoms with E-state index >= 15 is 0 Å². The molecule has 0 saturated heterocycles. The van der Waals surface area contributed by atoms with Gasteiger partial charge in [0.2, 0.25) is 0 Å². The highest BCUT2D eigenvalue weighted by atomic mass is 32.2. The van der Waals surface area contributed by atoms with Gasteiger partial charge in [0.05, 0.1) is 0 Å². The Morgan fingerprint density at radius 3 is 2.43 bits per heavy atom. The maximum atomic E-state index is 4.35. The Kier molecular flexibility index (Phi) is 2.89. The SMILES string of the molecule is CSc1ccc(-c2ncc(C)s2)cc1. The van der Waals surface area contributed by atoms with Gasteiger partial charge in [-0.05, 0) is 25.3 Å². The molecular weight excluding hydrogens is 210 g/mol. The van der Waals surface area contributed by atoms with Crippen molar-refractivity contribution in [1.82, 2.24) is 4.98 Å². The fourth-order valence-corrected chi connectivity index (χ4v) is 2.40. The molecule has 0 saturated carbocycles. The summed E-state index contributed by atoms with van der Waals surface area (Å²) in [6, 6.07) is 8.53. The zero-order chi connectivity index (χ0) is 9.97. The summed E-state index contributed by atoms with van der Waals surface area (Å²) in [6.45, 7) is 2.08. The van der Waals surface area contributed by atoms with Crippen molar-refractivity contribution in [2.45, 2.75) is 11.8 Å². The molecule has 72 valence electrons. The van der Waals surface area contributed by atoms with Gasteiger partial charge in [-0.15, -0.1) is 23.1 Å². The predicted molar refractivity (Wildman–Crippen MR) is 64.1 cm³/mol. The number of rotatable bonds is 2. The van der Waals surface area contributed by atoms with Crippen LogP contribution in [0, 0.1) is 6.92 Å². The van der Waals surface area contributed by atoms with E-state index in [4.69, 9.17) is 0 Å². The van der Waals surface area contributed by atoms with Crippen molar-refractivity contribution in [3.8, 4) is 10.6 Å². The van der Waals surface area contributed by atoms with Crippen LogP contribution >= 0.6 is 23.1 Å². The zero-order valence-corrected chi connectivity index (χ0v) is 9.78. The lowest BCUT2D eigenvalue weighted by Gasteiger charge is -1.97. The summed E-state index contributed by atoms with van der Waals surface area (Å²) < 4.78 is 0. The average molecular weight is 221 g/mol. The molecule has 2 aromatic rings. The summed E-state index contributed by atoms with van der Waals surface area (Å²) >= 11 is 3.50. The molecule has 1 aromatic heterocycles. The van der Waals surface area contributed by atoms with Crippen molar-refractivity contribution in [1.29, 1.82) is 0 Å². The molecule has 0 bridgehead atoms. The van der Waals surface area contributed by atoms with Crippen LogP contribution in [-0.2, 0) is 0 Å². The standard InChI is InChI=1S/C11H11NS2/c1-8-7-12-11(14-8)9-3-5-10(13-2)6-4-9/h3-7H,1-2H3. The van der Waals surface area contributed by atoms with E-state index in [2.05, 4.69) is 42.4 Å². The third-order valence-corrected chi connectivity index (χ3v) is 3.66. The van der Waals surface area contributed by atoms with Crippen molar-refractivity contribution >= 4 is 23.1 Å². The summed E-state index contributed by atoms with van der Waals surface area (Å²) in [5, 5.41) is 1.11. The molecule has 0 aliphatic carbocycles. The number of aromatic nitrogens is 1. The lowest BCUT2D eigenvalue weighted by atomic mass is 10.2. The average Bonchev–Trinajstić information content (AvgIpc) is 2.65. The fourth-order valence-electron chi connectivity index (χ4n) is 1.22. The number of benzene rings is 1. The summed E-state index contributed by atoms with van der Waals surface area (Å²) in [5.41, 5.74) is 1.21. The molecule has 0 fully saturated rings. The van der Waals surface area contributed by atoms with E-state index in [-0.39, 0.29) is 0 Å². The van der Waals surface area contributed by atoms with E-state index in [9.17, 15) is 0 Å². The van der Waals surface area contributed by atoms with Crippen molar-refractivity contribution in [2.24, 2.45) is 0 Å². The van der Waals surface area contributed by atoms with Gasteiger partial charge in [-0.2, -0.15) is 0 Å². The highest BCUT2D eigenvalue weighted by Gasteiger charge is 2.01. The summed E-state index contributed by atoms with van der Waals surface area (Å²) in [7, 11) is 0. The molecule has 0 unspecified atom stereocenters. The minimum atomic E-state index is 1.11. The van der Waals surface area contributed by atoms with Gasteiger partial charge < -0.3 is 0 Å². The van der Waals surface area contributed by atoms with Crippen molar-refractivity contribution in [2.75, 3.05) is 6.26 Å². The molecule has 0 atom stereocenters. The van der Waals surface area contributed by atoms with Crippen LogP contribution in [0.3, 0.4) is 0 Å². The van der Waals surface area contributed by atoms with Crippen LogP contribution < -0.4 is 0 Å². The number of thioether (sulfide) groups is 1. The predicted octanol–water partition coefficient (Wildman–Crippen LogP) is 3.84. The second-order valence-electron chi connectivity index (χ2n) is 3.00. The molecule has 1 aromatic carbocycles. The lowest BCUT2D eigenvalue weighted by molar-refractivity contribution is 1.37. The number of thiazole rings is 1. The normalized spacial score (nSPS) is 10.4. The van der Waals surface area contributed by atoms with Gasteiger partial charge in [0.15, 0.2) is 0 Å². The first-order valence-electron chi connectivity index (χ1n) is 4.36. The first kappa shape index (κ1) is 9.74. The van der Waals surface area contributed by atoms with Gasteiger partial charge in [-0.25, -0.2) is 4.98 Å². The number of aryl methyl sites for hydroxylation is 1. The van der Waals surface area contributed by atoms with Crippen molar-refractivity contribution < 1.29 is 0 Å². The molecular formula is C11H11NS2. The van der Waals surface area contributed by atoms with Crippen LogP contribution in [0.2, 0.25) is 0 Å². The molecule has 0 aliphatic heterocycles. The Morgan fingerprint density at radius 2 is 1.93 bits per heavy atom. The van der Waals surface area contributed by atoms with Gasteiger partial charge in [0, 0.05) is 21.5 Å². The second kappa shape index (κ2) is 4.15. The van der Waals surface area contributed by atoms with E-state index in [0.717, 1.165) is 5.01 Å².